The van der Waals surface area contributed by atoms with Crippen LogP contribution in [0.4, 0.5) is 0 Å². The first-order chi connectivity index (χ1) is 9.52. The van der Waals surface area contributed by atoms with Crippen molar-refractivity contribution in [1.29, 1.82) is 0 Å². The van der Waals surface area contributed by atoms with Gasteiger partial charge >= 0.3 is 0 Å². The summed E-state index contributed by atoms with van der Waals surface area (Å²) in [5, 5.41) is 1.47. The molecule has 0 fully saturated rings. The van der Waals surface area contributed by atoms with Crippen LogP contribution in [0.15, 0.2) is 0 Å². The Morgan fingerprint density at radius 1 is 1.30 bits per heavy atom. The summed E-state index contributed by atoms with van der Waals surface area (Å²) < 4.78 is 11.0. The van der Waals surface area contributed by atoms with Gasteiger partial charge in [0.05, 0.1) is 18.1 Å². The van der Waals surface area contributed by atoms with Crippen LogP contribution >= 0.6 is 22.9 Å². The van der Waals surface area contributed by atoms with E-state index in [0.29, 0.717) is 30.8 Å². The van der Waals surface area contributed by atoms with Gasteiger partial charge in [0.2, 0.25) is 0 Å². The van der Waals surface area contributed by atoms with Crippen molar-refractivity contribution in [3.8, 4) is 0 Å². The number of rotatable bonds is 6. The number of halogens is 1. The molecule has 0 radical (unpaired) electrons. The Balaban J connectivity index is 2.12. The number of nitrogens with zero attached hydrogens (tertiary/aromatic N) is 2. The van der Waals surface area contributed by atoms with Gasteiger partial charge in [0.25, 0.3) is 0 Å². The van der Waals surface area contributed by atoms with E-state index >= 15 is 0 Å². The van der Waals surface area contributed by atoms with Crippen LogP contribution in [0, 0.1) is 13.8 Å². The van der Waals surface area contributed by atoms with Gasteiger partial charge in [0, 0.05) is 11.5 Å². The SMILES string of the molecule is CCOCC(C)OCc1nc(Cl)c2c(C)c(C)sc2n1. The van der Waals surface area contributed by atoms with Gasteiger partial charge < -0.3 is 9.47 Å². The topological polar surface area (TPSA) is 44.2 Å². The van der Waals surface area contributed by atoms with Gasteiger partial charge in [-0.3, -0.25) is 0 Å². The molecule has 6 heteroatoms. The molecule has 20 heavy (non-hydrogen) atoms. The minimum absolute atomic E-state index is 0.0137. The third kappa shape index (κ3) is 3.47. The average molecular weight is 315 g/mol. The fraction of sp³-hybridized carbons (Fsp3) is 0.571. The van der Waals surface area contributed by atoms with E-state index in [1.54, 1.807) is 11.3 Å². The van der Waals surface area contributed by atoms with E-state index in [4.69, 9.17) is 21.1 Å². The monoisotopic (exact) mass is 314 g/mol. The van der Waals surface area contributed by atoms with Crippen molar-refractivity contribution in [3.63, 3.8) is 0 Å². The van der Waals surface area contributed by atoms with Crippen molar-refractivity contribution in [3.05, 3.63) is 21.4 Å². The second kappa shape index (κ2) is 6.80. The Hall–Kier alpha value is -0.750. The van der Waals surface area contributed by atoms with E-state index in [0.717, 1.165) is 15.8 Å². The van der Waals surface area contributed by atoms with Gasteiger partial charge in [0.1, 0.15) is 16.6 Å². The predicted octanol–water partition coefficient (Wildman–Crippen LogP) is 3.90. The Bertz CT molecular complexity index is 600. The van der Waals surface area contributed by atoms with Crippen LogP contribution in [0.25, 0.3) is 10.2 Å². The molecule has 0 aromatic carbocycles. The van der Waals surface area contributed by atoms with Gasteiger partial charge in [-0.25, -0.2) is 9.97 Å². The van der Waals surface area contributed by atoms with Crippen molar-refractivity contribution in [2.75, 3.05) is 13.2 Å². The number of aromatic nitrogens is 2. The molecule has 0 bridgehead atoms. The molecular formula is C14H19ClN2O2S. The number of ether oxygens (including phenoxy) is 2. The van der Waals surface area contributed by atoms with E-state index in [-0.39, 0.29) is 6.10 Å². The molecule has 0 aliphatic heterocycles. The molecule has 4 nitrogen and oxygen atoms in total. The molecule has 0 saturated heterocycles. The average Bonchev–Trinajstić information content (AvgIpc) is 2.69. The van der Waals surface area contributed by atoms with Crippen molar-refractivity contribution in [1.82, 2.24) is 9.97 Å². The van der Waals surface area contributed by atoms with E-state index in [9.17, 15) is 0 Å². The zero-order valence-electron chi connectivity index (χ0n) is 12.2. The molecule has 1 atom stereocenters. The van der Waals surface area contributed by atoms with Gasteiger partial charge in [-0.05, 0) is 33.3 Å². The maximum atomic E-state index is 6.26. The molecule has 1 unspecified atom stereocenters. The summed E-state index contributed by atoms with van der Waals surface area (Å²) in [6.07, 6.45) is 0.0137. The van der Waals surface area contributed by atoms with Crippen LogP contribution in [0.5, 0.6) is 0 Å². The highest BCUT2D eigenvalue weighted by atomic mass is 35.5. The second-order valence-electron chi connectivity index (χ2n) is 4.68. The largest absolute Gasteiger partial charge is 0.379 e. The highest BCUT2D eigenvalue weighted by Gasteiger charge is 2.13. The summed E-state index contributed by atoms with van der Waals surface area (Å²) >= 11 is 7.89. The normalized spacial score (nSPS) is 13.1. The standard InChI is InChI=1S/C14H19ClN2O2S/c1-5-18-6-8(2)19-7-11-16-13(15)12-9(3)10(4)20-14(12)17-11/h8H,5-7H2,1-4H3. The first-order valence-corrected chi connectivity index (χ1v) is 7.83. The molecule has 2 aromatic heterocycles. The number of aryl methyl sites for hydroxylation is 2. The van der Waals surface area contributed by atoms with Gasteiger partial charge in [0.15, 0.2) is 5.82 Å². The molecule has 0 aliphatic rings. The van der Waals surface area contributed by atoms with Gasteiger partial charge in [-0.15, -0.1) is 11.3 Å². The third-order valence-corrected chi connectivity index (χ3v) is 4.46. The minimum Gasteiger partial charge on any atom is -0.379 e. The van der Waals surface area contributed by atoms with E-state index < -0.39 is 0 Å². The highest BCUT2D eigenvalue weighted by Crippen LogP contribution is 2.32. The zero-order chi connectivity index (χ0) is 14.7. The number of hydrogen-bond acceptors (Lipinski definition) is 5. The first-order valence-electron chi connectivity index (χ1n) is 6.64. The molecule has 2 heterocycles. The van der Waals surface area contributed by atoms with Crippen molar-refractivity contribution in [2.45, 2.75) is 40.4 Å². The maximum absolute atomic E-state index is 6.26. The molecule has 2 rings (SSSR count). The maximum Gasteiger partial charge on any atom is 0.157 e. The Morgan fingerprint density at radius 2 is 2.05 bits per heavy atom. The van der Waals surface area contributed by atoms with E-state index in [1.165, 1.54) is 4.88 Å². The Labute approximate surface area is 128 Å². The lowest BCUT2D eigenvalue weighted by atomic mass is 10.2. The van der Waals surface area contributed by atoms with Crippen LogP contribution in [0.2, 0.25) is 5.15 Å². The molecule has 0 N–H and O–H groups in total. The van der Waals surface area contributed by atoms with Crippen molar-refractivity contribution in [2.24, 2.45) is 0 Å². The third-order valence-electron chi connectivity index (χ3n) is 3.08. The molecule has 0 spiro atoms. The van der Waals surface area contributed by atoms with E-state index in [2.05, 4.69) is 16.9 Å². The molecule has 0 amide bonds. The van der Waals surface area contributed by atoms with Crippen LogP contribution in [0.1, 0.15) is 30.1 Å². The van der Waals surface area contributed by atoms with Gasteiger partial charge in [-0.2, -0.15) is 0 Å². The summed E-state index contributed by atoms with van der Waals surface area (Å²) in [5.74, 6) is 0.618. The molecule has 0 saturated carbocycles. The van der Waals surface area contributed by atoms with Gasteiger partial charge in [-0.1, -0.05) is 11.6 Å². The highest BCUT2D eigenvalue weighted by molar-refractivity contribution is 7.18. The predicted molar refractivity (Wildman–Crippen MR) is 82.6 cm³/mol. The summed E-state index contributed by atoms with van der Waals surface area (Å²) in [7, 11) is 0. The fourth-order valence-electron chi connectivity index (χ4n) is 1.86. The van der Waals surface area contributed by atoms with E-state index in [1.807, 2.05) is 20.8 Å². The smallest absolute Gasteiger partial charge is 0.157 e. The molecule has 2 aromatic rings. The van der Waals surface area contributed by atoms with Crippen LogP contribution in [-0.4, -0.2) is 29.3 Å². The number of fused-ring (bicyclic) bond motifs is 1. The van der Waals surface area contributed by atoms with Crippen LogP contribution < -0.4 is 0 Å². The lowest BCUT2D eigenvalue weighted by Crippen LogP contribution is -2.16. The molecular weight excluding hydrogens is 296 g/mol. The number of hydrogen-bond donors (Lipinski definition) is 0. The Kier molecular flexibility index (Phi) is 5.32. The Morgan fingerprint density at radius 3 is 2.75 bits per heavy atom. The van der Waals surface area contributed by atoms with Crippen LogP contribution in [-0.2, 0) is 16.1 Å². The minimum atomic E-state index is 0.0137. The summed E-state index contributed by atoms with van der Waals surface area (Å²) in [5.41, 5.74) is 1.16. The second-order valence-corrected chi connectivity index (χ2v) is 6.24. The summed E-state index contributed by atoms with van der Waals surface area (Å²) in [6.45, 7) is 9.65. The number of thiophene rings is 1. The molecule has 0 aliphatic carbocycles. The quantitative estimate of drug-likeness (QED) is 0.758. The summed E-state index contributed by atoms with van der Waals surface area (Å²) in [4.78, 5) is 11.0. The lowest BCUT2D eigenvalue weighted by molar-refractivity contribution is -0.0138. The van der Waals surface area contributed by atoms with Crippen molar-refractivity contribution < 1.29 is 9.47 Å². The van der Waals surface area contributed by atoms with Crippen LogP contribution in [0.3, 0.4) is 0 Å². The fourth-order valence-corrected chi connectivity index (χ4v) is 3.29. The lowest BCUT2D eigenvalue weighted by Gasteiger charge is -2.12. The molecule has 110 valence electrons. The first kappa shape index (κ1) is 15.6. The zero-order valence-corrected chi connectivity index (χ0v) is 13.8. The summed E-state index contributed by atoms with van der Waals surface area (Å²) in [6, 6.07) is 0. The van der Waals surface area contributed by atoms with Crippen molar-refractivity contribution >= 4 is 33.2 Å².